The summed E-state index contributed by atoms with van der Waals surface area (Å²) in [6.45, 7) is 1.85. The summed E-state index contributed by atoms with van der Waals surface area (Å²) in [4.78, 5) is 0. The molecule has 0 saturated heterocycles. The topological polar surface area (TPSA) is 59.1 Å². The van der Waals surface area contributed by atoms with E-state index in [0.717, 1.165) is 5.56 Å². The van der Waals surface area contributed by atoms with Crippen molar-refractivity contribution in [3.05, 3.63) is 58.4 Å². The summed E-state index contributed by atoms with van der Waals surface area (Å²) in [5, 5.41) is 7.61. The van der Waals surface area contributed by atoms with Gasteiger partial charge in [-0.1, -0.05) is 17.7 Å². The molecular weight excluding hydrogens is 267 g/mol. The van der Waals surface area contributed by atoms with Gasteiger partial charge in [-0.3, -0.25) is 5.41 Å². The predicted molar refractivity (Wildman–Crippen MR) is 73.7 cm³/mol. The summed E-state index contributed by atoms with van der Waals surface area (Å²) in [6, 6.07) is 9.25. The number of benzene rings is 2. The van der Waals surface area contributed by atoms with Crippen molar-refractivity contribution >= 4 is 17.4 Å². The van der Waals surface area contributed by atoms with Crippen molar-refractivity contribution in [2.75, 3.05) is 0 Å². The molecule has 19 heavy (non-hydrogen) atoms. The van der Waals surface area contributed by atoms with Gasteiger partial charge in [-0.2, -0.15) is 0 Å². The maximum absolute atomic E-state index is 13.6. The fraction of sp³-hybridized carbons (Fsp3) is 0.0714. The van der Waals surface area contributed by atoms with Crippen molar-refractivity contribution in [3.63, 3.8) is 0 Å². The number of amidine groups is 1. The van der Waals surface area contributed by atoms with Crippen LogP contribution in [0.4, 0.5) is 4.39 Å². The first kappa shape index (κ1) is 13.4. The van der Waals surface area contributed by atoms with E-state index in [2.05, 4.69) is 0 Å². The maximum Gasteiger partial charge on any atom is 0.165 e. The number of rotatable bonds is 3. The number of aryl methyl sites for hydroxylation is 1. The molecule has 2 rings (SSSR count). The molecule has 0 heterocycles. The van der Waals surface area contributed by atoms with E-state index in [1.165, 1.54) is 12.1 Å². The lowest BCUT2D eigenvalue weighted by molar-refractivity contribution is 0.442. The lowest BCUT2D eigenvalue weighted by Gasteiger charge is -2.09. The van der Waals surface area contributed by atoms with Gasteiger partial charge < -0.3 is 10.5 Å². The van der Waals surface area contributed by atoms with Crippen LogP contribution in [0.1, 0.15) is 11.1 Å². The first-order valence-electron chi connectivity index (χ1n) is 5.55. The fourth-order valence-corrected chi connectivity index (χ4v) is 1.87. The van der Waals surface area contributed by atoms with Gasteiger partial charge in [0.15, 0.2) is 11.6 Å². The van der Waals surface area contributed by atoms with Crippen LogP contribution in [-0.2, 0) is 0 Å². The van der Waals surface area contributed by atoms with E-state index in [4.69, 9.17) is 27.5 Å². The van der Waals surface area contributed by atoms with Gasteiger partial charge in [0, 0.05) is 11.6 Å². The first-order chi connectivity index (χ1) is 8.97. The summed E-state index contributed by atoms with van der Waals surface area (Å²) in [6.07, 6.45) is 0. The molecule has 0 aliphatic rings. The SMILES string of the molecule is Cc1ccc(F)c(Oc2ccc(C(=N)N)c(Cl)c2)c1. The molecule has 0 aliphatic carbocycles. The third-order valence-electron chi connectivity index (χ3n) is 2.55. The maximum atomic E-state index is 13.6. The molecule has 2 aromatic rings. The van der Waals surface area contributed by atoms with Crippen LogP contribution in [0, 0.1) is 18.2 Å². The molecule has 0 bridgehead atoms. The summed E-state index contributed by atoms with van der Waals surface area (Å²) in [7, 11) is 0. The van der Waals surface area contributed by atoms with E-state index in [1.54, 1.807) is 24.3 Å². The highest BCUT2D eigenvalue weighted by Gasteiger charge is 2.08. The number of nitrogens with one attached hydrogen (secondary N) is 1. The van der Waals surface area contributed by atoms with E-state index < -0.39 is 5.82 Å². The lowest BCUT2D eigenvalue weighted by atomic mass is 10.2. The fourth-order valence-electron chi connectivity index (χ4n) is 1.59. The lowest BCUT2D eigenvalue weighted by Crippen LogP contribution is -2.11. The minimum Gasteiger partial charge on any atom is -0.454 e. The molecule has 0 unspecified atom stereocenters. The molecule has 0 atom stereocenters. The minimum absolute atomic E-state index is 0.127. The van der Waals surface area contributed by atoms with Crippen molar-refractivity contribution < 1.29 is 9.13 Å². The Hall–Kier alpha value is -2.07. The number of hydrogen-bond acceptors (Lipinski definition) is 2. The van der Waals surface area contributed by atoms with E-state index >= 15 is 0 Å². The first-order valence-corrected chi connectivity index (χ1v) is 5.93. The van der Waals surface area contributed by atoms with E-state index in [1.807, 2.05) is 6.92 Å². The molecule has 0 radical (unpaired) electrons. The van der Waals surface area contributed by atoms with Gasteiger partial charge in [0.05, 0.1) is 5.02 Å². The van der Waals surface area contributed by atoms with Crippen molar-refractivity contribution in [2.45, 2.75) is 6.92 Å². The van der Waals surface area contributed by atoms with Gasteiger partial charge in [-0.05, 0) is 36.8 Å². The zero-order valence-electron chi connectivity index (χ0n) is 10.2. The molecule has 0 saturated carbocycles. The third kappa shape index (κ3) is 3.03. The van der Waals surface area contributed by atoms with Gasteiger partial charge in [-0.25, -0.2) is 4.39 Å². The van der Waals surface area contributed by atoms with Crippen LogP contribution in [0.15, 0.2) is 36.4 Å². The van der Waals surface area contributed by atoms with Crippen LogP contribution in [-0.4, -0.2) is 5.84 Å². The molecule has 0 spiro atoms. The average molecular weight is 279 g/mol. The summed E-state index contributed by atoms with van der Waals surface area (Å²) in [5.74, 6) is -0.0539. The Morgan fingerprint density at radius 1 is 1.26 bits per heavy atom. The quantitative estimate of drug-likeness (QED) is 0.661. The third-order valence-corrected chi connectivity index (χ3v) is 2.86. The summed E-state index contributed by atoms with van der Waals surface area (Å²) >= 11 is 5.97. The average Bonchev–Trinajstić information content (AvgIpc) is 2.33. The molecule has 0 amide bonds. The molecule has 5 heteroatoms. The Labute approximate surface area is 115 Å². The highest BCUT2D eigenvalue weighted by Crippen LogP contribution is 2.28. The van der Waals surface area contributed by atoms with Gasteiger partial charge >= 0.3 is 0 Å². The van der Waals surface area contributed by atoms with E-state index in [0.29, 0.717) is 11.3 Å². The van der Waals surface area contributed by atoms with Crippen molar-refractivity contribution in [3.8, 4) is 11.5 Å². The largest absolute Gasteiger partial charge is 0.454 e. The monoisotopic (exact) mass is 278 g/mol. The normalized spacial score (nSPS) is 10.3. The second kappa shape index (κ2) is 5.28. The van der Waals surface area contributed by atoms with Crippen LogP contribution in [0.5, 0.6) is 11.5 Å². The van der Waals surface area contributed by atoms with Gasteiger partial charge in [0.2, 0.25) is 0 Å². The second-order valence-corrected chi connectivity index (χ2v) is 4.50. The Balaban J connectivity index is 2.31. The van der Waals surface area contributed by atoms with Gasteiger partial charge in [0.1, 0.15) is 11.6 Å². The molecule has 3 N–H and O–H groups in total. The van der Waals surface area contributed by atoms with Gasteiger partial charge in [0.25, 0.3) is 0 Å². The predicted octanol–water partition coefficient (Wildman–Crippen LogP) is 3.86. The zero-order chi connectivity index (χ0) is 14.0. The van der Waals surface area contributed by atoms with Crippen LogP contribution in [0.3, 0.4) is 0 Å². The van der Waals surface area contributed by atoms with E-state index in [-0.39, 0.29) is 16.6 Å². The highest BCUT2D eigenvalue weighted by atomic mass is 35.5. The zero-order valence-corrected chi connectivity index (χ0v) is 11.0. The molecule has 0 aliphatic heterocycles. The number of ether oxygens (including phenoxy) is 1. The molecule has 0 fully saturated rings. The van der Waals surface area contributed by atoms with E-state index in [9.17, 15) is 4.39 Å². The molecular formula is C14H12ClFN2O. The van der Waals surface area contributed by atoms with Gasteiger partial charge in [-0.15, -0.1) is 0 Å². The number of hydrogen-bond donors (Lipinski definition) is 2. The summed E-state index contributed by atoms with van der Waals surface area (Å²) in [5.41, 5.74) is 6.67. The number of nitrogen functional groups attached to an aromatic ring is 1. The number of halogens is 2. The highest BCUT2D eigenvalue weighted by molar-refractivity contribution is 6.34. The van der Waals surface area contributed by atoms with Crippen LogP contribution < -0.4 is 10.5 Å². The Kier molecular flexibility index (Phi) is 3.71. The van der Waals surface area contributed by atoms with Crippen LogP contribution >= 0.6 is 11.6 Å². The molecule has 2 aromatic carbocycles. The Morgan fingerprint density at radius 3 is 2.63 bits per heavy atom. The molecule has 0 aromatic heterocycles. The smallest absolute Gasteiger partial charge is 0.165 e. The standard InChI is InChI=1S/C14H12ClFN2O/c1-8-2-5-12(16)13(6-8)19-9-3-4-10(14(17)18)11(15)7-9/h2-7H,1H3,(H3,17,18). The number of nitrogens with two attached hydrogens (primary N) is 1. The Bertz CT molecular complexity index is 643. The van der Waals surface area contributed by atoms with Crippen LogP contribution in [0.2, 0.25) is 5.02 Å². The Morgan fingerprint density at radius 2 is 2.00 bits per heavy atom. The molecule has 98 valence electrons. The van der Waals surface area contributed by atoms with Crippen molar-refractivity contribution in [1.82, 2.24) is 0 Å². The summed E-state index contributed by atoms with van der Waals surface area (Å²) < 4.78 is 19.0. The molecule has 3 nitrogen and oxygen atoms in total. The van der Waals surface area contributed by atoms with Crippen molar-refractivity contribution in [2.24, 2.45) is 5.73 Å². The van der Waals surface area contributed by atoms with Crippen molar-refractivity contribution in [1.29, 1.82) is 5.41 Å². The van der Waals surface area contributed by atoms with Crippen LogP contribution in [0.25, 0.3) is 0 Å². The minimum atomic E-state index is -0.447. The second-order valence-electron chi connectivity index (χ2n) is 4.09.